The van der Waals surface area contributed by atoms with Crippen LogP contribution in [0.4, 0.5) is 13.2 Å². The molecule has 9 heteroatoms. The second-order valence-corrected chi connectivity index (χ2v) is 11.9. The lowest BCUT2D eigenvalue weighted by atomic mass is 10.0. The topological polar surface area (TPSA) is 80.7 Å². The van der Waals surface area contributed by atoms with Gasteiger partial charge in [-0.15, -0.1) is 0 Å². The highest BCUT2D eigenvalue weighted by Crippen LogP contribution is 2.25. The van der Waals surface area contributed by atoms with Crippen molar-refractivity contribution in [3.63, 3.8) is 0 Å². The van der Waals surface area contributed by atoms with Crippen LogP contribution in [0, 0.1) is 0 Å². The molecule has 5 nitrogen and oxygen atoms in total. The quantitative estimate of drug-likeness (QED) is 0.0650. The highest BCUT2D eigenvalue weighted by atomic mass is 32.2. The Hall–Kier alpha value is -0.830. The molecule has 1 atom stereocenters. The molecule has 0 saturated carbocycles. The number of carbonyl (C=O) groups excluding carboxylic acids is 1. The van der Waals surface area contributed by atoms with Gasteiger partial charge in [-0.05, 0) is 6.42 Å². The Morgan fingerprint density at radius 2 is 0.946 bits per heavy atom. The van der Waals surface area contributed by atoms with Crippen molar-refractivity contribution in [3.05, 3.63) is 0 Å². The zero-order chi connectivity index (χ0) is 27.8. The lowest BCUT2D eigenvalue weighted by Gasteiger charge is -2.19. The largest absolute Gasteiger partial charge is 0.451 e. The van der Waals surface area contributed by atoms with Gasteiger partial charge in [-0.1, -0.05) is 142 Å². The molecule has 0 aromatic heterocycles. The van der Waals surface area contributed by atoms with Crippen molar-refractivity contribution in [3.8, 4) is 0 Å². The fourth-order valence-electron chi connectivity index (χ4n) is 4.48. The molecule has 222 valence electrons. The first-order chi connectivity index (χ1) is 17.6. The zero-order valence-electron chi connectivity index (χ0n) is 23.2. The molecule has 0 saturated heterocycles. The van der Waals surface area contributed by atoms with E-state index in [0.29, 0.717) is 12.8 Å². The molecule has 0 aliphatic heterocycles. The molecule has 0 fully saturated rings. The van der Waals surface area contributed by atoms with E-state index in [1.165, 1.54) is 109 Å². The summed E-state index contributed by atoms with van der Waals surface area (Å²) in [5, 5.41) is 0. The highest BCUT2D eigenvalue weighted by Gasteiger charge is 2.45. The molecule has 1 N–H and O–H groups in total. The average molecular weight is 559 g/mol. The number of hydrogen-bond acceptors (Lipinski definition) is 4. The monoisotopic (exact) mass is 558 g/mol. The van der Waals surface area contributed by atoms with Crippen LogP contribution in [0.1, 0.15) is 155 Å². The summed E-state index contributed by atoms with van der Waals surface area (Å²) in [7, 11) is -4.91. The summed E-state index contributed by atoms with van der Waals surface area (Å²) >= 11 is 0. The molecule has 37 heavy (non-hydrogen) atoms. The number of halogens is 3. The molecule has 0 heterocycles. The Kier molecular flexibility index (Phi) is 22.6. The van der Waals surface area contributed by atoms with Gasteiger partial charge in [-0.25, -0.2) is 0 Å². The van der Waals surface area contributed by atoms with Crippen molar-refractivity contribution < 1.29 is 35.7 Å². The van der Waals surface area contributed by atoms with Gasteiger partial charge in [-0.2, -0.15) is 21.6 Å². The zero-order valence-corrected chi connectivity index (χ0v) is 24.0. The van der Waals surface area contributed by atoms with E-state index in [1.807, 2.05) is 0 Å². The number of alkyl halides is 3. The van der Waals surface area contributed by atoms with Crippen molar-refractivity contribution in [1.82, 2.24) is 0 Å². The van der Waals surface area contributed by atoms with Crippen LogP contribution in [0.15, 0.2) is 0 Å². The van der Waals surface area contributed by atoms with E-state index in [4.69, 9.17) is 4.55 Å². The standard InChI is InChI=1S/C28H53F3O5S/c1-2-3-4-5-6-7-8-9-10-11-12-13-14-15-16-17-18-19-20-21-22-23-24-27(32)36-26(28(29,30)31)25-37(33,34)35/h26H,2-25H2,1H3,(H,33,34,35). The first-order valence-electron chi connectivity index (χ1n) is 14.8. The maximum Gasteiger partial charge on any atom is 0.426 e. The predicted octanol–water partition coefficient (Wildman–Crippen LogP) is 9.34. The van der Waals surface area contributed by atoms with Crippen molar-refractivity contribution in [1.29, 1.82) is 0 Å². The van der Waals surface area contributed by atoms with Gasteiger partial charge in [0.25, 0.3) is 10.1 Å². The second kappa shape index (κ2) is 23.1. The van der Waals surface area contributed by atoms with Crippen molar-refractivity contribution in [2.45, 2.75) is 167 Å². The molecular formula is C28H53F3O5S. The number of unbranched alkanes of at least 4 members (excludes halogenated alkanes) is 21. The molecule has 0 aromatic carbocycles. The van der Waals surface area contributed by atoms with E-state index in [-0.39, 0.29) is 6.42 Å². The van der Waals surface area contributed by atoms with Gasteiger partial charge in [0.2, 0.25) is 6.10 Å². The van der Waals surface area contributed by atoms with Crippen LogP contribution < -0.4 is 0 Å². The van der Waals surface area contributed by atoms with Gasteiger partial charge < -0.3 is 4.74 Å². The molecule has 0 aliphatic rings. The maximum atomic E-state index is 12.7. The first-order valence-corrected chi connectivity index (χ1v) is 16.4. The van der Waals surface area contributed by atoms with Gasteiger partial charge in [0.05, 0.1) is 0 Å². The lowest BCUT2D eigenvalue weighted by Crippen LogP contribution is -2.39. The third-order valence-corrected chi connectivity index (χ3v) is 7.46. The Balaban J connectivity index is 3.43. The number of rotatable bonds is 26. The molecular weight excluding hydrogens is 505 g/mol. The smallest absolute Gasteiger partial charge is 0.426 e. The van der Waals surface area contributed by atoms with E-state index in [2.05, 4.69) is 11.7 Å². The highest BCUT2D eigenvalue weighted by molar-refractivity contribution is 7.85. The van der Waals surface area contributed by atoms with Gasteiger partial charge in [0, 0.05) is 6.42 Å². The van der Waals surface area contributed by atoms with Gasteiger partial charge in [0.1, 0.15) is 5.75 Å². The summed E-state index contributed by atoms with van der Waals surface area (Å²) in [5.41, 5.74) is 0. The van der Waals surface area contributed by atoms with E-state index in [0.717, 1.165) is 19.3 Å². The van der Waals surface area contributed by atoms with E-state index in [9.17, 15) is 26.4 Å². The first kappa shape index (κ1) is 36.2. The lowest BCUT2D eigenvalue weighted by molar-refractivity contribution is -0.215. The predicted molar refractivity (Wildman–Crippen MR) is 144 cm³/mol. The maximum absolute atomic E-state index is 12.7. The Labute approximate surface area is 224 Å². The Morgan fingerprint density at radius 1 is 0.649 bits per heavy atom. The molecule has 1 unspecified atom stereocenters. The molecule has 0 amide bonds. The summed E-state index contributed by atoms with van der Waals surface area (Å²) < 4.78 is 72.5. The van der Waals surface area contributed by atoms with Crippen LogP contribution >= 0.6 is 0 Å². The average Bonchev–Trinajstić information content (AvgIpc) is 2.80. The minimum atomic E-state index is -5.04. The number of hydrogen-bond donors (Lipinski definition) is 1. The minimum Gasteiger partial charge on any atom is -0.451 e. The van der Waals surface area contributed by atoms with Crippen LogP contribution in [-0.4, -0.2) is 37.0 Å². The van der Waals surface area contributed by atoms with Crippen molar-refractivity contribution in [2.75, 3.05) is 5.75 Å². The van der Waals surface area contributed by atoms with Crippen LogP contribution in [0.2, 0.25) is 0 Å². The van der Waals surface area contributed by atoms with Crippen LogP contribution in [0.25, 0.3) is 0 Å². The second-order valence-electron chi connectivity index (χ2n) is 10.4. The SMILES string of the molecule is CCCCCCCCCCCCCCCCCCCCCCCCC(=O)OC(CS(=O)(=O)O)C(F)(F)F. The third-order valence-electron chi connectivity index (χ3n) is 6.74. The Morgan fingerprint density at radius 3 is 1.22 bits per heavy atom. The molecule has 0 bridgehead atoms. The minimum absolute atomic E-state index is 0.197. The number of carbonyl (C=O) groups is 1. The van der Waals surface area contributed by atoms with Gasteiger partial charge in [0.15, 0.2) is 0 Å². The van der Waals surface area contributed by atoms with Crippen molar-refractivity contribution in [2.24, 2.45) is 0 Å². The number of esters is 1. The summed E-state index contributed by atoms with van der Waals surface area (Å²) in [4.78, 5) is 11.6. The molecule has 0 radical (unpaired) electrons. The Bertz CT molecular complexity index is 638. The summed E-state index contributed by atoms with van der Waals surface area (Å²) in [6.07, 6.45) is 19.0. The molecule has 0 aromatic rings. The third kappa shape index (κ3) is 26.6. The normalized spacial score (nSPS) is 13.1. The van der Waals surface area contributed by atoms with E-state index in [1.54, 1.807) is 0 Å². The van der Waals surface area contributed by atoms with Gasteiger partial charge >= 0.3 is 12.1 Å². The van der Waals surface area contributed by atoms with E-state index >= 15 is 0 Å². The van der Waals surface area contributed by atoms with Crippen LogP contribution in [-0.2, 0) is 19.6 Å². The molecule has 0 spiro atoms. The van der Waals surface area contributed by atoms with Gasteiger partial charge in [-0.3, -0.25) is 9.35 Å². The fraction of sp³-hybridized carbons (Fsp3) is 0.964. The molecule has 0 rings (SSSR count). The summed E-state index contributed by atoms with van der Waals surface area (Å²) in [6, 6.07) is 0. The number of ether oxygens (including phenoxy) is 1. The van der Waals surface area contributed by atoms with Crippen LogP contribution in [0.3, 0.4) is 0 Å². The summed E-state index contributed by atoms with van der Waals surface area (Å²) in [6.45, 7) is 2.26. The van der Waals surface area contributed by atoms with Crippen LogP contribution in [0.5, 0.6) is 0 Å². The summed E-state index contributed by atoms with van der Waals surface area (Å²) in [5.74, 6) is -2.78. The van der Waals surface area contributed by atoms with Crippen molar-refractivity contribution >= 4 is 16.1 Å². The van der Waals surface area contributed by atoms with E-state index < -0.39 is 34.1 Å². The molecule has 0 aliphatic carbocycles. The fourth-order valence-corrected chi connectivity index (χ4v) is 5.12.